The largest absolute Gasteiger partial charge is 0.497 e. The van der Waals surface area contributed by atoms with Crippen LogP contribution >= 0.6 is 0 Å². The maximum absolute atomic E-state index is 11.7. The Bertz CT molecular complexity index is 430. The molecule has 1 aromatic carbocycles. The van der Waals surface area contributed by atoms with Crippen molar-refractivity contribution in [2.45, 2.75) is 20.8 Å². The second kappa shape index (κ2) is 4.99. The van der Waals surface area contributed by atoms with Crippen molar-refractivity contribution in [3.05, 3.63) is 23.8 Å². The van der Waals surface area contributed by atoms with Crippen molar-refractivity contribution in [3.8, 4) is 11.5 Å². The summed E-state index contributed by atoms with van der Waals surface area (Å²) < 4.78 is 10.2. The van der Waals surface area contributed by atoms with Gasteiger partial charge in [0.15, 0.2) is 6.29 Å². The predicted octanol–water partition coefficient (Wildman–Crippen LogP) is 2.46. The molecule has 1 rings (SSSR count). The molecular weight excluding hydrogens is 220 g/mol. The van der Waals surface area contributed by atoms with E-state index in [0.29, 0.717) is 17.6 Å². The minimum absolute atomic E-state index is 0.251. The summed E-state index contributed by atoms with van der Waals surface area (Å²) in [4.78, 5) is 22.6. The Kier molecular flexibility index (Phi) is 3.89. The number of hydrogen-bond acceptors (Lipinski definition) is 4. The average molecular weight is 236 g/mol. The molecule has 0 amide bonds. The zero-order chi connectivity index (χ0) is 13.1. The molecule has 0 bridgehead atoms. The van der Waals surface area contributed by atoms with Crippen LogP contribution in [0.4, 0.5) is 0 Å². The molecule has 1 aromatic rings. The van der Waals surface area contributed by atoms with Crippen molar-refractivity contribution in [3.63, 3.8) is 0 Å². The number of hydrogen-bond donors (Lipinski definition) is 0. The van der Waals surface area contributed by atoms with E-state index in [1.54, 1.807) is 32.9 Å². The summed E-state index contributed by atoms with van der Waals surface area (Å²) in [5.41, 5.74) is -0.318. The van der Waals surface area contributed by atoms with Crippen molar-refractivity contribution < 1.29 is 19.1 Å². The van der Waals surface area contributed by atoms with Crippen molar-refractivity contribution in [1.82, 2.24) is 0 Å². The Labute approximate surface area is 101 Å². The zero-order valence-corrected chi connectivity index (χ0v) is 10.4. The molecule has 4 heteroatoms. The molecule has 0 saturated heterocycles. The third-order valence-corrected chi connectivity index (χ3v) is 2.16. The van der Waals surface area contributed by atoms with Gasteiger partial charge < -0.3 is 9.47 Å². The molecule has 0 atom stereocenters. The second-order valence-electron chi connectivity index (χ2n) is 4.66. The van der Waals surface area contributed by atoms with E-state index in [9.17, 15) is 9.59 Å². The second-order valence-corrected chi connectivity index (χ2v) is 4.66. The lowest BCUT2D eigenvalue weighted by molar-refractivity contribution is -0.143. The van der Waals surface area contributed by atoms with E-state index >= 15 is 0 Å². The lowest BCUT2D eigenvalue weighted by atomic mass is 9.97. The summed E-state index contributed by atoms with van der Waals surface area (Å²) in [5, 5.41) is 0. The summed E-state index contributed by atoms with van der Waals surface area (Å²) in [6.07, 6.45) is 0.633. The highest BCUT2D eigenvalue weighted by Crippen LogP contribution is 2.25. The fraction of sp³-hybridized carbons (Fsp3) is 0.385. The van der Waals surface area contributed by atoms with Crippen LogP contribution < -0.4 is 9.47 Å². The molecule has 0 N–H and O–H groups in total. The molecule has 0 unspecified atom stereocenters. The Morgan fingerprint density at radius 1 is 1.29 bits per heavy atom. The SMILES string of the molecule is COc1ccc(OC(=O)C(C)(C)C)c(C=O)c1. The van der Waals surface area contributed by atoms with Crippen LogP contribution in [0.1, 0.15) is 31.1 Å². The molecule has 0 aliphatic heterocycles. The Morgan fingerprint density at radius 3 is 2.41 bits per heavy atom. The summed E-state index contributed by atoms with van der Waals surface area (Å²) in [6, 6.07) is 4.71. The lowest BCUT2D eigenvalue weighted by Crippen LogP contribution is -2.25. The quantitative estimate of drug-likeness (QED) is 0.459. The van der Waals surface area contributed by atoms with Gasteiger partial charge in [-0.1, -0.05) is 0 Å². The van der Waals surface area contributed by atoms with E-state index in [-0.39, 0.29) is 11.7 Å². The number of aldehydes is 1. The fourth-order valence-corrected chi connectivity index (χ4v) is 1.09. The molecule has 0 aliphatic carbocycles. The Morgan fingerprint density at radius 2 is 1.94 bits per heavy atom. The lowest BCUT2D eigenvalue weighted by Gasteiger charge is -2.17. The third kappa shape index (κ3) is 3.31. The van der Waals surface area contributed by atoms with Gasteiger partial charge >= 0.3 is 5.97 Å². The van der Waals surface area contributed by atoms with E-state index in [2.05, 4.69) is 0 Å². The highest BCUT2D eigenvalue weighted by atomic mass is 16.5. The monoisotopic (exact) mass is 236 g/mol. The maximum atomic E-state index is 11.7. The van der Waals surface area contributed by atoms with Gasteiger partial charge in [0.25, 0.3) is 0 Å². The van der Waals surface area contributed by atoms with Gasteiger partial charge in [0.1, 0.15) is 11.5 Å². The highest BCUT2D eigenvalue weighted by Gasteiger charge is 2.24. The van der Waals surface area contributed by atoms with Crippen molar-refractivity contribution in [2.75, 3.05) is 7.11 Å². The van der Waals surface area contributed by atoms with Crippen LogP contribution in [0.2, 0.25) is 0 Å². The number of carbonyl (C=O) groups is 2. The first-order chi connectivity index (χ1) is 7.88. The number of carbonyl (C=O) groups excluding carboxylic acids is 2. The standard InChI is InChI=1S/C13H16O4/c1-13(2,3)12(15)17-11-6-5-10(16-4)7-9(11)8-14/h5-8H,1-4H3. The zero-order valence-electron chi connectivity index (χ0n) is 10.4. The highest BCUT2D eigenvalue weighted by molar-refractivity contribution is 5.84. The van der Waals surface area contributed by atoms with Crippen molar-refractivity contribution >= 4 is 12.3 Å². The average Bonchev–Trinajstić information content (AvgIpc) is 2.28. The number of ether oxygens (including phenoxy) is 2. The van der Waals surface area contributed by atoms with Crippen molar-refractivity contribution in [2.24, 2.45) is 5.41 Å². The number of benzene rings is 1. The summed E-state index contributed by atoms with van der Waals surface area (Å²) in [6.45, 7) is 5.25. The van der Waals surface area contributed by atoms with Gasteiger partial charge in [0.2, 0.25) is 0 Å². The number of esters is 1. The van der Waals surface area contributed by atoms with Crippen LogP contribution in [-0.4, -0.2) is 19.4 Å². The van der Waals surface area contributed by atoms with E-state index in [1.807, 2.05) is 0 Å². The van der Waals surface area contributed by atoms with Gasteiger partial charge in [-0.2, -0.15) is 0 Å². The smallest absolute Gasteiger partial charge is 0.316 e. The van der Waals surface area contributed by atoms with Gasteiger partial charge in [-0.25, -0.2) is 0 Å². The molecule has 0 fully saturated rings. The third-order valence-electron chi connectivity index (χ3n) is 2.16. The first-order valence-electron chi connectivity index (χ1n) is 5.24. The molecule has 0 aliphatic rings. The van der Waals surface area contributed by atoms with Crippen LogP contribution in [-0.2, 0) is 4.79 Å². The molecule has 0 saturated carbocycles. The van der Waals surface area contributed by atoms with Crippen LogP contribution in [0.25, 0.3) is 0 Å². The van der Waals surface area contributed by atoms with Gasteiger partial charge in [0, 0.05) is 0 Å². The Hall–Kier alpha value is -1.84. The minimum Gasteiger partial charge on any atom is -0.497 e. The molecule has 17 heavy (non-hydrogen) atoms. The summed E-state index contributed by atoms with van der Waals surface area (Å²) in [5.74, 6) is 0.411. The number of rotatable bonds is 3. The number of methoxy groups -OCH3 is 1. The van der Waals surface area contributed by atoms with Gasteiger partial charge in [-0.05, 0) is 39.0 Å². The van der Waals surface area contributed by atoms with Crippen LogP contribution in [0.15, 0.2) is 18.2 Å². The molecule has 0 heterocycles. The predicted molar refractivity (Wildman–Crippen MR) is 63.5 cm³/mol. The molecule has 0 radical (unpaired) electrons. The normalized spacial score (nSPS) is 10.8. The molecule has 92 valence electrons. The van der Waals surface area contributed by atoms with Crippen LogP contribution in [0, 0.1) is 5.41 Å². The molecule has 0 spiro atoms. The van der Waals surface area contributed by atoms with E-state index < -0.39 is 5.41 Å². The van der Waals surface area contributed by atoms with Gasteiger partial charge in [-0.3, -0.25) is 9.59 Å². The molecule has 0 aromatic heterocycles. The van der Waals surface area contributed by atoms with E-state index in [1.165, 1.54) is 13.2 Å². The van der Waals surface area contributed by atoms with Gasteiger partial charge in [-0.15, -0.1) is 0 Å². The topological polar surface area (TPSA) is 52.6 Å². The van der Waals surface area contributed by atoms with E-state index in [0.717, 1.165) is 0 Å². The van der Waals surface area contributed by atoms with Crippen LogP contribution in [0.3, 0.4) is 0 Å². The first-order valence-corrected chi connectivity index (χ1v) is 5.24. The first kappa shape index (κ1) is 13.2. The fourth-order valence-electron chi connectivity index (χ4n) is 1.09. The van der Waals surface area contributed by atoms with Crippen molar-refractivity contribution in [1.29, 1.82) is 0 Å². The van der Waals surface area contributed by atoms with E-state index in [4.69, 9.17) is 9.47 Å². The maximum Gasteiger partial charge on any atom is 0.316 e. The minimum atomic E-state index is -0.611. The van der Waals surface area contributed by atoms with Gasteiger partial charge in [0.05, 0.1) is 18.1 Å². The summed E-state index contributed by atoms with van der Waals surface area (Å²) >= 11 is 0. The van der Waals surface area contributed by atoms with Crippen LogP contribution in [0.5, 0.6) is 11.5 Å². The molecule has 4 nitrogen and oxygen atoms in total. The molecular formula is C13H16O4. The summed E-state index contributed by atoms with van der Waals surface area (Å²) in [7, 11) is 1.50. The Balaban J connectivity index is 2.99.